The van der Waals surface area contributed by atoms with E-state index in [4.69, 9.17) is 14.7 Å². The summed E-state index contributed by atoms with van der Waals surface area (Å²) < 4.78 is 11.6. The van der Waals surface area contributed by atoms with Crippen LogP contribution in [0.15, 0.2) is 42.5 Å². The zero-order valence-electron chi connectivity index (χ0n) is 14.9. The summed E-state index contributed by atoms with van der Waals surface area (Å²) in [7, 11) is 0. The minimum atomic E-state index is 0.0362. The average Bonchev–Trinajstić information content (AvgIpc) is 2.58. The minimum Gasteiger partial charge on any atom is -0.490 e. The van der Waals surface area contributed by atoms with Gasteiger partial charge in [0.15, 0.2) is 0 Å². The van der Waals surface area contributed by atoms with Crippen molar-refractivity contribution in [1.82, 2.24) is 0 Å². The summed E-state index contributed by atoms with van der Waals surface area (Å²) in [5.74, 6) is 1.66. The molecule has 0 unspecified atom stereocenters. The predicted molar refractivity (Wildman–Crippen MR) is 96.7 cm³/mol. The van der Waals surface area contributed by atoms with Crippen molar-refractivity contribution in [3.05, 3.63) is 59.2 Å². The number of nitriles is 1. The van der Waals surface area contributed by atoms with Gasteiger partial charge in [-0.15, -0.1) is 0 Å². The summed E-state index contributed by atoms with van der Waals surface area (Å²) in [5.41, 5.74) is 3.21. The Labute approximate surface area is 144 Å². The van der Waals surface area contributed by atoms with Crippen molar-refractivity contribution in [2.24, 2.45) is 0 Å². The van der Waals surface area contributed by atoms with Crippen LogP contribution in [0.1, 0.15) is 44.4 Å². The monoisotopic (exact) mass is 323 g/mol. The Bertz CT molecular complexity index is 706. The second kappa shape index (κ2) is 7.88. The first-order valence-electron chi connectivity index (χ1n) is 8.33. The maximum Gasteiger partial charge on any atom is 0.123 e. The molecular formula is C21H25NO2. The fourth-order valence-corrected chi connectivity index (χ4v) is 2.45. The highest BCUT2D eigenvalue weighted by Crippen LogP contribution is 2.32. The topological polar surface area (TPSA) is 42.2 Å². The normalized spacial score (nSPS) is 11.0. The van der Waals surface area contributed by atoms with Gasteiger partial charge in [-0.2, -0.15) is 5.26 Å². The smallest absolute Gasteiger partial charge is 0.123 e. The van der Waals surface area contributed by atoms with Gasteiger partial charge in [0.25, 0.3) is 0 Å². The van der Waals surface area contributed by atoms with Crippen molar-refractivity contribution in [3.63, 3.8) is 0 Å². The van der Waals surface area contributed by atoms with E-state index in [9.17, 15) is 0 Å². The fraction of sp³-hybridized carbons (Fsp3) is 0.381. The van der Waals surface area contributed by atoms with Crippen LogP contribution < -0.4 is 9.47 Å². The molecule has 0 N–H and O–H groups in total. The SMILES string of the molecule is CCc1ccc(OCCOc2ccc(C#N)cc2)c(C(C)(C)C)c1. The van der Waals surface area contributed by atoms with Gasteiger partial charge >= 0.3 is 0 Å². The molecule has 3 nitrogen and oxygen atoms in total. The summed E-state index contributed by atoms with van der Waals surface area (Å²) in [6, 6.07) is 15.6. The lowest BCUT2D eigenvalue weighted by Crippen LogP contribution is -2.16. The van der Waals surface area contributed by atoms with Gasteiger partial charge in [0.1, 0.15) is 24.7 Å². The molecular weight excluding hydrogens is 298 g/mol. The Hall–Kier alpha value is -2.47. The molecule has 3 heteroatoms. The highest BCUT2D eigenvalue weighted by atomic mass is 16.5. The number of rotatable bonds is 6. The molecule has 0 aliphatic carbocycles. The lowest BCUT2D eigenvalue weighted by Gasteiger charge is -2.23. The summed E-state index contributed by atoms with van der Waals surface area (Å²) in [4.78, 5) is 0. The average molecular weight is 323 g/mol. The molecule has 0 fully saturated rings. The number of hydrogen-bond donors (Lipinski definition) is 0. The number of benzene rings is 2. The van der Waals surface area contributed by atoms with Gasteiger partial charge in [-0.05, 0) is 53.3 Å². The highest BCUT2D eigenvalue weighted by molar-refractivity contribution is 5.41. The van der Waals surface area contributed by atoms with Gasteiger partial charge in [-0.25, -0.2) is 0 Å². The molecule has 0 saturated carbocycles. The molecule has 0 saturated heterocycles. The maximum atomic E-state index is 8.79. The summed E-state index contributed by atoms with van der Waals surface area (Å²) in [5, 5.41) is 8.79. The molecule has 0 aromatic heterocycles. The number of hydrogen-bond acceptors (Lipinski definition) is 3. The van der Waals surface area contributed by atoms with Crippen LogP contribution in [-0.4, -0.2) is 13.2 Å². The van der Waals surface area contributed by atoms with Crippen molar-refractivity contribution in [2.45, 2.75) is 39.5 Å². The summed E-state index contributed by atoms with van der Waals surface area (Å²) >= 11 is 0. The van der Waals surface area contributed by atoms with E-state index in [1.807, 2.05) is 0 Å². The first-order valence-corrected chi connectivity index (χ1v) is 8.33. The lowest BCUT2D eigenvalue weighted by atomic mass is 9.85. The van der Waals surface area contributed by atoms with Crippen LogP contribution >= 0.6 is 0 Å². The summed E-state index contributed by atoms with van der Waals surface area (Å²) in [6.45, 7) is 9.69. The number of ether oxygens (including phenoxy) is 2. The van der Waals surface area contributed by atoms with Gasteiger partial charge in [0.2, 0.25) is 0 Å². The first kappa shape index (κ1) is 17.9. The molecule has 2 rings (SSSR count). The molecule has 2 aromatic rings. The Morgan fingerprint density at radius 3 is 2.21 bits per heavy atom. The van der Waals surface area contributed by atoms with Gasteiger partial charge < -0.3 is 9.47 Å². The first-order chi connectivity index (χ1) is 11.4. The number of nitrogens with zero attached hydrogens (tertiary/aromatic N) is 1. The zero-order valence-corrected chi connectivity index (χ0v) is 14.9. The third kappa shape index (κ3) is 4.76. The molecule has 24 heavy (non-hydrogen) atoms. The molecule has 0 heterocycles. The second-order valence-corrected chi connectivity index (χ2v) is 6.77. The van der Waals surface area contributed by atoms with E-state index in [0.29, 0.717) is 18.8 Å². The van der Waals surface area contributed by atoms with E-state index in [1.54, 1.807) is 24.3 Å². The van der Waals surface area contributed by atoms with E-state index in [0.717, 1.165) is 17.9 Å². The molecule has 0 bridgehead atoms. The Morgan fingerprint density at radius 2 is 1.62 bits per heavy atom. The van der Waals surface area contributed by atoms with Crippen molar-refractivity contribution in [3.8, 4) is 17.6 Å². The molecule has 0 amide bonds. The van der Waals surface area contributed by atoms with E-state index < -0.39 is 0 Å². The van der Waals surface area contributed by atoms with Crippen molar-refractivity contribution >= 4 is 0 Å². The molecule has 0 spiro atoms. The van der Waals surface area contributed by atoms with Crippen LogP contribution in [0.5, 0.6) is 11.5 Å². The fourth-order valence-electron chi connectivity index (χ4n) is 2.45. The molecule has 0 aliphatic rings. The second-order valence-electron chi connectivity index (χ2n) is 6.77. The van der Waals surface area contributed by atoms with Crippen molar-refractivity contribution in [2.75, 3.05) is 13.2 Å². The third-order valence-corrected chi connectivity index (χ3v) is 3.85. The Morgan fingerprint density at radius 1 is 0.958 bits per heavy atom. The molecule has 126 valence electrons. The van der Waals surface area contributed by atoms with Crippen LogP contribution in [0.4, 0.5) is 0 Å². The highest BCUT2D eigenvalue weighted by Gasteiger charge is 2.19. The van der Waals surface area contributed by atoms with Crippen LogP contribution in [-0.2, 0) is 11.8 Å². The Kier molecular flexibility index (Phi) is 5.87. The predicted octanol–water partition coefficient (Wildman–Crippen LogP) is 4.88. The van der Waals surface area contributed by atoms with Gasteiger partial charge in [-0.3, -0.25) is 0 Å². The van der Waals surface area contributed by atoms with E-state index in [2.05, 4.69) is 52.0 Å². The Balaban J connectivity index is 1.95. The quantitative estimate of drug-likeness (QED) is 0.712. The summed E-state index contributed by atoms with van der Waals surface area (Å²) in [6.07, 6.45) is 1.02. The minimum absolute atomic E-state index is 0.0362. The van der Waals surface area contributed by atoms with Crippen molar-refractivity contribution in [1.29, 1.82) is 5.26 Å². The van der Waals surface area contributed by atoms with Gasteiger partial charge in [0.05, 0.1) is 11.6 Å². The number of aryl methyl sites for hydroxylation is 1. The van der Waals surface area contributed by atoms with E-state index in [1.165, 1.54) is 11.1 Å². The van der Waals surface area contributed by atoms with E-state index >= 15 is 0 Å². The molecule has 0 aliphatic heterocycles. The maximum absolute atomic E-state index is 8.79. The van der Waals surface area contributed by atoms with Crippen LogP contribution in [0, 0.1) is 11.3 Å². The third-order valence-electron chi connectivity index (χ3n) is 3.85. The van der Waals surface area contributed by atoms with Gasteiger partial charge in [-0.1, -0.05) is 39.8 Å². The molecule has 0 atom stereocenters. The van der Waals surface area contributed by atoms with Gasteiger partial charge in [0, 0.05) is 0 Å². The zero-order chi connectivity index (χ0) is 17.6. The molecule has 2 aromatic carbocycles. The lowest BCUT2D eigenvalue weighted by molar-refractivity contribution is 0.214. The standard InChI is InChI=1S/C21H25NO2/c1-5-16-8-11-20(19(14-16)21(2,3)4)24-13-12-23-18-9-6-17(15-22)7-10-18/h6-11,14H,5,12-13H2,1-4H3. The largest absolute Gasteiger partial charge is 0.490 e. The van der Waals surface area contributed by atoms with Crippen molar-refractivity contribution < 1.29 is 9.47 Å². The van der Waals surface area contributed by atoms with E-state index in [-0.39, 0.29) is 5.41 Å². The van der Waals surface area contributed by atoms with Crippen LogP contribution in [0.3, 0.4) is 0 Å². The van der Waals surface area contributed by atoms with Crippen LogP contribution in [0.2, 0.25) is 0 Å². The van der Waals surface area contributed by atoms with Crippen LogP contribution in [0.25, 0.3) is 0 Å². The molecule has 0 radical (unpaired) electrons.